The Bertz CT molecular complexity index is 687. The maximum Gasteiger partial charge on any atom is 0.263 e. The van der Waals surface area contributed by atoms with E-state index >= 15 is 0 Å². The Morgan fingerprint density at radius 1 is 1.25 bits per heavy atom. The lowest BCUT2D eigenvalue weighted by Crippen LogP contribution is -2.10. The molecule has 2 aromatic heterocycles. The number of hydrogen-bond donors (Lipinski definition) is 2. The highest BCUT2D eigenvalue weighted by Crippen LogP contribution is 2.29. The number of fused-ring (bicyclic) bond motifs is 1. The molecule has 0 aliphatic carbocycles. The van der Waals surface area contributed by atoms with Gasteiger partial charge in [0.2, 0.25) is 0 Å². The number of rotatable bonds is 4. The third-order valence-corrected chi connectivity index (χ3v) is 3.45. The van der Waals surface area contributed by atoms with Crippen LogP contribution in [-0.4, -0.2) is 15.0 Å². The van der Waals surface area contributed by atoms with E-state index in [1.807, 2.05) is 31.2 Å². The second-order valence-corrected chi connectivity index (χ2v) is 5.03. The van der Waals surface area contributed by atoms with Gasteiger partial charge in [-0.3, -0.25) is 0 Å². The summed E-state index contributed by atoms with van der Waals surface area (Å²) >= 11 is 1.35. The zero-order valence-electron chi connectivity index (χ0n) is 10.8. The van der Waals surface area contributed by atoms with Crippen LogP contribution in [0.15, 0.2) is 45.0 Å². The zero-order valence-corrected chi connectivity index (χ0v) is 11.6. The summed E-state index contributed by atoms with van der Waals surface area (Å²) in [6.07, 6.45) is 0.733. The molecule has 6 nitrogen and oxygen atoms in total. The van der Waals surface area contributed by atoms with Crippen LogP contribution in [0.2, 0.25) is 0 Å². The highest BCUT2D eigenvalue weighted by Gasteiger charge is 2.10. The minimum absolute atomic E-state index is 0.551. The van der Waals surface area contributed by atoms with Crippen LogP contribution in [0, 0.1) is 0 Å². The quantitative estimate of drug-likeness (QED) is 0.433. The van der Waals surface area contributed by atoms with Gasteiger partial charge in [-0.1, -0.05) is 19.1 Å². The Kier molecular flexibility index (Phi) is 3.53. The van der Waals surface area contributed by atoms with Gasteiger partial charge >= 0.3 is 0 Å². The summed E-state index contributed by atoms with van der Waals surface area (Å²) in [6.45, 7) is 1.99. The van der Waals surface area contributed by atoms with E-state index in [-0.39, 0.29) is 0 Å². The van der Waals surface area contributed by atoms with Gasteiger partial charge in [-0.25, -0.2) is 20.8 Å². The monoisotopic (exact) mass is 287 g/mol. The van der Waals surface area contributed by atoms with E-state index in [4.69, 9.17) is 10.3 Å². The predicted molar refractivity (Wildman–Crippen MR) is 77.4 cm³/mol. The van der Waals surface area contributed by atoms with Crippen molar-refractivity contribution >= 4 is 28.7 Å². The Hall–Kier alpha value is -2.12. The molecule has 0 spiro atoms. The first-order valence-corrected chi connectivity index (χ1v) is 6.98. The molecule has 0 unspecified atom stereocenters. The number of aromatic nitrogens is 3. The molecule has 20 heavy (non-hydrogen) atoms. The van der Waals surface area contributed by atoms with Gasteiger partial charge in [-0.2, -0.15) is 0 Å². The first kappa shape index (κ1) is 12.9. The van der Waals surface area contributed by atoms with Gasteiger partial charge in [-0.15, -0.1) is 0 Å². The molecule has 0 aliphatic rings. The zero-order chi connectivity index (χ0) is 13.9. The van der Waals surface area contributed by atoms with E-state index in [0.29, 0.717) is 11.0 Å². The molecule has 0 saturated heterocycles. The number of benzene rings is 1. The number of para-hydroxylation sites is 2. The largest absolute Gasteiger partial charge is 0.431 e. The van der Waals surface area contributed by atoms with E-state index in [1.54, 1.807) is 6.07 Å². The van der Waals surface area contributed by atoms with Gasteiger partial charge in [0, 0.05) is 12.5 Å². The molecule has 0 atom stereocenters. The fraction of sp³-hybridized carbons (Fsp3) is 0.154. The van der Waals surface area contributed by atoms with Gasteiger partial charge in [-0.05, 0) is 23.9 Å². The van der Waals surface area contributed by atoms with Crippen molar-refractivity contribution in [2.75, 3.05) is 5.43 Å². The number of nitrogens with one attached hydrogen (secondary N) is 1. The number of oxazole rings is 1. The Labute approximate surface area is 119 Å². The molecule has 0 bridgehead atoms. The fourth-order valence-corrected chi connectivity index (χ4v) is 2.52. The van der Waals surface area contributed by atoms with Crippen LogP contribution in [0.4, 0.5) is 5.82 Å². The van der Waals surface area contributed by atoms with Gasteiger partial charge in [0.1, 0.15) is 22.2 Å². The molecule has 0 amide bonds. The lowest BCUT2D eigenvalue weighted by molar-refractivity contribution is 0.489. The Morgan fingerprint density at radius 3 is 2.85 bits per heavy atom. The first-order valence-electron chi connectivity index (χ1n) is 6.16. The summed E-state index contributed by atoms with van der Waals surface area (Å²) in [5, 5.41) is 1.30. The third-order valence-electron chi connectivity index (χ3n) is 2.68. The van der Waals surface area contributed by atoms with Crippen LogP contribution in [0.5, 0.6) is 0 Å². The lowest BCUT2D eigenvalue weighted by atomic mass is 10.3. The van der Waals surface area contributed by atoms with Crippen molar-refractivity contribution in [3.05, 3.63) is 36.2 Å². The van der Waals surface area contributed by atoms with Crippen molar-refractivity contribution in [2.24, 2.45) is 5.84 Å². The van der Waals surface area contributed by atoms with Gasteiger partial charge in [0.25, 0.3) is 5.22 Å². The van der Waals surface area contributed by atoms with Crippen molar-refractivity contribution in [1.29, 1.82) is 0 Å². The number of hydrazine groups is 1. The lowest BCUT2D eigenvalue weighted by Gasteiger charge is -2.04. The second kappa shape index (κ2) is 5.48. The minimum Gasteiger partial charge on any atom is -0.431 e. The van der Waals surface area contributed by atoms with Crippen LogP contribution in [0.25, 0.3) is 11.1 Å². The van der Waals surface area contributed by atoms with Crippen LogP contribution in [-0.2, 0) is 6.42 Å². The molecule has 102 valence electrons. The normalized spacial score (nSPS) is 10.9. The third kappa shape index (κ3) is 2.59. The van der Waals surface area contributed by atoms with Gasteiger partial charge in [0.05, 0.1) is 0 Å². The molecule has 3 N–H and O–H groups in total. The van der Waals surface area contributed by atoms with E-state index in [2.05, 4.69) is 20.4 Å². The topological polar surface area (TPSA) is 89.9 Å². The van der Waals surface area contributed by atoms with Crippen molar-refractivity contribution in [2.45, 2.75) is 23.6 Å². The number of hydrogen-bond acceptors (Lipinski definition) is 7. The number of aryl methyl sites for hydroxylation is 1. The SMILES string of the molecule is CCc1nc(NN)cc(Sc2nc3ccccc3o2)n1. The number of nitrogens with zero attached hydrogens (tertiary/aromatic N) is 3. The molecule has 0 radical (unpaired) electrons. The number of anilines is 1. The second-order valence-electron chi connectivity index (χ2n) is 4.06. The summed E-state index contributed by atoms with van der Waals surface area (Å²) in [4.78, 5) is 13.1. The highest BCUT2D eigenvalue weighted by atomic mass is 32.2. The van der Waals surface area contributed by atoms with E-state index in [9.17, 15) is 0 Å². The number of nitrogens with two attached hydrogens (primary N) is 1. The summed E-state index contributed by atoms with van der Waals surface area (Å²) in [7, 11) is 0. The van der Waals surface area contributed by atoms with Crippen molar-refractivity contribution < 1.29 is 4.42 Å². The smallest absolute Gasteiger partial charge is 0.263 e. The minimum atomic E-state index is 0.551. The summed E-state index contributed by atoms with van der Waals surface area (Å²) < 4.78 is 5.66. The predicted octanol–water partition coefficient (Wildman–Crippen LogP) is 2.62. The van der Waals surface area contributed by atoms with E-state index in [0.717, 1.165) is 28.4 Å². The molecule has 3 rings (SSSR count). The molecule has 7 heteroatoms. The average molecular weight is 287 g/mol. The first-order chi connectivity index (χ1) is 9.78. The Balaban J connectivity index is 1.93. The van der Waals surface area contributed by atoms with E-state index < -0.39 is 0 Å². The summed E-state index contributed by atoms with van der Waals surface area (Å²) in [5.74, 6) is 6.71. The fourth-order valence-electron chi connectivity index (χ4n) is 1.74. The van der Waals surface area contributed by atoms with Gasteiger partial charge < -0.3 is 9.84 Å². The number of nitrogen functional groups attached to an aromatic ring is 1. The Morgan fingerprint density at radius 2 is 2.10 bits per heavy atom. The van der Waals surface area contributed by atoms with Crippen LogP contribution in [0.1, 0.15) is 12.7 Å². The molecule has 0 fully saturated rings. The molecule has 1 aromatic carbocycles. The highest BCUT2D eigenvalue weighted by molar-refractivity contribution is 7.99. The molecule has 2 heterocycles. The van der Waals surface area contributed by atoms with E-state index in [1.165, 1.54) is 11.8 Å². The van der Waals surface area contributed by atoms with Crippen molar-refractivity contribution in [1.82, 2.24) is 15.0 Å². The maximum absolute atomic E-state index is 5.66. The average Bonchev–Trinajstić information content (AvgIpc) is 2.88. The standard InChI is InChI=1S/C13H13N5OS/c1-2-10-16-11(18-14)7-12(17-10)20-13-15-8-5-3-4-6-9(8)19-13/h3-7H,2,14H2,1H3,(H,16,17,18). The molecular weight excluding hydrogens is 274 g/mol. The van der Waals surface area contributed by atoms with Crippen molar-refractivity contribution in [3.63, 3.8) is 0 Å². The molecular formula is C13H13N5OS. The maximum atomic E-state index is 5.66. The molecule has 3 aromatic rings. The van der Waals surface area contributed by atoms with Gasteiger partial charge in [0.15, 0.2) is 5.58 Å². The van der Waals surface area contributed by atoms with Crippen LogP contribution >= 0.6 is 11.8 Å². The van der Waals surface area contributed by atoms with Crippen LogP contribution < -0.4 is 11.3 Å². The summed E-state index contributed by atoms with van der Waals surface area (Å²) in [5.41, 5.74) is 4.13. The van der Waals surface area contributed by atoms with Crippen molar-refractivity contribution in [3.8, 4) is 0 Å². The summed E-state index contributed by atoms with van der Waals surface area (Å²) in [6, 6.07) is 9.40. The molecule has 0 aliphatic heterocycles. The van der Waals surface area contributed by atoms with Crippen LogP contribution in [0.3, 0.4) is 0 Å². The molecule has 0 saturated carbocycles.